The smallest absolute Gasteiger partial charge is 0.407 e. The van der Waals surface area contributed by atoms with Gasteiger partial charge in [0.1, 0.15) is 6.61 Å². The molecule has 1 rings (SSSR count). The van der Waals surface area contributed by atoms with Crippen LogP contribution in [0.15, 0.2) is 30.3 Å². The molecule has 1 amide bonds. The van der Waals surface area contributed by atoms with Crippen LogP contribution in [0.4, 0.5) is 4.79 Å². The van der Waals surface area contributed by atoms with Crippen LogP contribution in [0.5, 0.6) is 0 Å². The molecule has 0 unspecified atom stereocenters. The molecule has 1 aromatic carbocycles. The number of carbonyl (C=O) groups is 2. The molecule has 6 nitrogen and oxygen atoms in total. The van der Waals surface area contributed by atoms with Crippen LogP contribution in [0.1, 0.15) is 39.2 Å². The molecular formula is C20H33NO5Si. The van der Waals surface area contributed by atoms with Crippen molar-refractivity contribution in [1.29, 1.82) is 0 Å². The zero-order valence-corrected chi connectivity index (χ0v) is 18.3. The fraction of sp³-hybridized carbons (Fsp3) is 0.600. The van der Waals surface area contributed by atoms with E-state index in [1.54, 1.807) is 0 Å². The van der Waals surface area contributed by atoms with Crippen LogP contribution in [-0.4, -0.2) is 40.1 Å². The summed E-state index contributed by atoms with van der Waals surface area (Å²) in [5, 5.41) is 2.88. The van der Waals surface area contributed by atoms with Crippen molar-refractivity contribution in [3.8, 4) is 0 Å². The molecule has 0 heterocycles. The molecule has 1 atom stereocenters. The topological polar surface area (TPSA) is 73.9 Å². The summed E-state index contributed by atoms with van der Waals surface area (Å²) in [5.41, 5.74) is 0.913. The maximum atomic E-state index is 12.2. The normalized spacial score (nSPS) is 13.0. The third-order valence-electron chi connectivity index (χ3n) is 4.91. The van der Waals surface area contributed by atoms with Crippen LogP contribution in [0.2, 0.25) is 18.1 Å². The zero-order valence-electron chi connectivity index (χ0n) is 17.3. The summed E-state index contributed by atoms with van der Waals surface area (Å²) in [7, 11) is -0.610. The highest BCUT2D eigenvalue weighted by atomic mass is 28.4. The number of alkyl carbamates (subject to hydrolysis) is 1. The van der Waals surface area contributed by atoms with E-state index in [0.29, 0.717) is 13.0 Å². The maximum absolute atomic E-state index is 12.2. The van der Waals surface area contributed by atoms with Crippen molar-refractivity contribution >= 4 is 20.4 Å². The van der Waals surface area contributed by atoms with Gasteiger partial charge in [0, 0.05) is 6.42 Å². The van der Waals surface area contributed by atoms with Crippen molar-refractivity contribution in [1.82, 2.24) is 5.32 Å². The van der Waals surface area contributed by atoms with Crippen molar-refractivity contribution in [3.63, 3.8) is 0 Å². The first-order valence-electron chi connectivity index (χ1n) is 9.23. The predicted octanol–water partition coefficient (Wildman–Crippen LogP) is 4.26. The van der Waals surface area contributed by atoms with E-state index in [1.165, 1.54) is 7.11 Å². The monoisotopic (exact) mass is 395 g/mol. The minimum absolute atomic E-state index is 0.0632. The molecule has 0 aliphatic heterocycles. The summed E-state index contributed by atoms with van der Waals surface area (Å²) in [6.45, 7) is 11.3. The van der Waals surface area contributed by atoms with Gasteiger partial charge >= 0.3 is 12.1 Å². The number of carbonyl (C=O) groups excluding carboxylic acids is 2. The Hall–Kier alpha value is -1.86. The number of amides is 1. The minimum Gasteiger partial charge on any atom is -0.469 e. The summed E-state index contributed by atoms with van der Waals surface area (Å²) in [4.78, 5) is 23.6. The van der Waals surface area contributed by atoms with Crippen LogP contribution < -0.4 is 5.32 Å². The van der Waals surface area contributed by atoms with E-state index in [-0.39, 0.29) is 30.1 Å². The number of hydrogen-bond donors (Lipinski definition) is 1. The third-order valence-corrected chi connectivity index (χ3v) is 9.41. The molecule has 0 aliphatic rings. The predicted molar refractivity (Wildman–Crippen MR) is 108 cm³/mol. The first kappa shape index (κ1) is 23.2. The molecule has 0 bridgehead atoms. The van der Waals surface area contributed by atoms with Gasteiger partial charge in [-0.1, -0.05) is 51.1 Å². The Morgan fingerprint density at radius 1 is 1.15 bits per heavy atom. The SMILES string of the molecule is COC(=O)CC[C@@H](CO[Si](C)(C)C(C)(C)C)NC(=O)OCc1ccccc1. The van der Waals surface area contributed by atoms with Gasteiger partial charge < -0.3 is 19.2 Å². The summed E-state index contributed by atoms with van der Waals surface area (Å²) >= 11 is 0. The quantitative estimate of drug-likeness (QED) is 0.500. The molecule has 152 valence electrons. The van der Waals surface area contributed by atoms with Crippen LogP contribution in [0.25, 0.3) is 0 Å². The van der Waals surface area contributed by atoms with Crippen molar-refractivity contribution in [3.05, 3.63) is 35.9 Å². The Bertz CT molecular complexity index is 598. The average molecular weight is 396 g/mol. The number of ether oxygens (including phenoxy) is 2. The van der Waals surface area contributed by atoms with Gasteiger partial charge in [-0.2, -0.15) is 0 Å². The van der Waals surface area contributed by atoms with Gasteiger partial charge in [0.2, 0.25) is 0 Å². The van der Waals surface area contributed by atoms with Gasteiger partial charge in [-0.15, -0.1) is 0 Å². The lowest BCUT2D eigenvalue weighted by atomic mass is 10.2. The Kier molecular flexibility index (Phi) is 8.98. The standard InChI is InChI=1S/C20H33NO5Si/c1-20(2,3)27(5,6)26-15-17(12-13-18(22)24-4)21-19(23)25-14-16-10-8-7-9-11-16/h7-11,17H,12-15H2,1-6H3,(H,21,23)/t17-/m0/s1. The lowest BCUT2D eigenvalue weighted by Gasteiger charge is -2.37. The van der Waals surface area contributed by atoms with Gasteiger partial charge in [-0.05, 0) is 30.1 Å². The number of hydrogen-bond acceptors (Lipinski definition) is 5. The highest BCUT2D eigenvalue weighted by Gasteiger charge is 2.37. The Morgan fingerprint density at radius 2 is 1.78 bits per heavy atom. The van der Waals surface area contributed by atoms with Gasteiger partial charge in [-0.3, -0.25) is 4.79 Å². The summed E-state index contributed by atoms with van der Waals surface area (Å²) in [5.74, 6) is -0.313. The van der Waals surface area contributed by atoms with E-state index in [4.69, 9.17) is 13.9 Å². The number of benzene rings is 1. The second-order valence-electron chi connectivity index (χ2n) is 8.09. The van der Waals surface area contributed by atoms with Crippen molar-refractivity contribution in [2.24, 2.45) is 0 Å². The highest BCUT2D eigenvalue weighted by molar-refractivity contribution is 6.74. The average Bonchev–Trinajstić information content (AvgIpc) is 2.61. The van der Waals surface area contributed by atoms with Gasteiger partial charge in [0.05, 0.1) is 19.8 Å². The summed E-state index contributed by atoms with van der Waals surface area (Å²) < 4.78 is 16.2. The van der Waals surface area contributed by atoms with Crippen molar-refractivity contribution in [2.75, 3.05) is 13.7 Å². The summed E-state index contributed by atoms with van der Waals surface area (Å²) in [6, 6.07) is 9.16. The van der Waals surface area contributed by atoms with Crippen LogP contribution >= 0.6 is 0 Å². The van der Waals surface area contributed by atoms with E-state index in [9.17, 15) is 9.59 Å². The Morgan fingerprint density at radius 3 is 2.33 bits per heavy atom. The van der Waals surface area contributed by atoms with E-state index < -0.39 is 14.4 Å². The van der Waals surface area contributed by atoms with Gasteiger partial charge in [0.15, 0.2) is 8.32 Å². The minimum atomic E-state index is -1.96. The second kappa shape index (κ2) is 10.5. The van der Waals surface area contributed by atoms with E-state index in [2.05, 4.69) is 39.2 Å². The number of esters is 1. The molecule has 0 aliphatic carbocycles. The maximum Gasteiger partial charge on any atom is 0.407 e. The highest BCUT2D eigenvalue weighted by Crippen LogP contribution is 2.36. The van der Waals surface area contributed by atoms with Crippen molar-refractivity contribution in [2.45, 2.75) is 64.4 Å². The number of rotatable bonds is 9. The molecule has 1 N–H and O–H groups in total. The number of nitrogens with one attached hydrogen (secondary N) is 1. The van der Waals surface area contributed by atoms with Gasteiger partial charge in [-0.25, -0.2) is 4.79 Å². The Balaban J connectivity index is 2.61. The largest absolute Gasteiger partial charge is 0.469 e. The van der Waals surface area contributed by atoms with Crippen molar-refractivity contribution < 1.29 is 23.5 Å². The molecule has 1 aromatic rings. The van der Waals surface area contributed by atoms with Gasteiger partial charge in [0.25, 0.3) is 0 Å². The molecule has 7 heteroatoms. The molecule has 27 heavy (non-hydrogen) atoms. The fourth-order valence-electron chi connectivity index (χ4n) is 2.05. The Labute approximate surface area is 163 Å². The van der Waals surface area contributed by atoms with E-state index in [1.807, 2.05) is 30.3 Å². The van der Waals surface area contributed by atoms with Crippen LogP contribution in [0.3, 0.4) is 0 Å². The number of methoxy groups -OCH3 is 1. The molecule has 0 spiro atoms. The molecule has 0 saturated heterocycles. The molecule has 0 aromatic heterocycles. The molecule has 0 saturated carbocycles. The zero-order chi connectivity index (χ0) is 20.5. The molecule has 0 radical (unpaired) electrons. The fourth-order valence-corrected chi connectivity index (χ4v) is 3.10. The van der Waals surface area contributed by atoms with E-state index >= 15 is 0 Å². The van der Waals surface area contributed by atoms with E-state index in [0.717, 1.165) is 5.56 Å². The lowest BCUT2D eigenvalue weighted by molar-refractivity contribution is -0.140. The summed E-state index contributed by atoms with van der Waals surface area (Å²) in [6.07, 6.45) is 0.121. The third kappa shape index (κ3) is 8.58. The first-order chi connectivity index (χ1) is 12.5. The first-order valence-corrected chi connectivity index (χ1v) is 12.1. The van der Waals surface area contributed by atoms with Crippen LogP contribution in [-0.2, 0) is 25.3 Å². The second-order valence-corrected chi connectivity index (χ2v) is 12.9. The lowest BCUT2D eigenvalue weighted by Crippen LogP contribution is -2.46. The molecular weight excluding hydrogens is 362 g/mol. The molecule has 0 fully saturated rings. The van der Waals surface area contributed by atoms with Crippen LogP contribution in [0, 0.1) is 0 Å².